The quantitative estimate of drug-likeness (QED) is 0.398. The van der Waals surface area contributed by atoms with Crippen molar-refractivity contribution in [3.05, 3.63) is 38.4 Å². The van der Waals surface area contributed by atoms with E-state index in [1.807, 2.05) is 0 Å². The molecular weight excluding hydrogens is 389 g/mol. The summed E-state index contributed by atoms with van der Waals surface area (Å²) in [5, 5.41) is 0. The minimum Gasteiger partial charge on any atom is -0.693 e. The Morgan fingerprint density at radius 1 is 0.652 bits per heavy atom. The van der Waals surface area contributed by atoms with Crippen LogP contribution in [0.3, 0.4) is 0 Å². The van der Waals surface area contributed by atoms with E-state index < -0.39 is 0 Å². The monoisotopic (exact) mass is 426 g/mol. The molecule has 1 aliphatic rings. The first kappa shape index (κ1) is 38.7. The van der Waals surface area contributed by atoms with Gasteiger partial charge in [-0.15, -0.1) is 5.92 Å². The molecule has 0 aromatic carbocycles. The second-order valence-corrected chi connectivity index (χ2v) is 4.27. The summed E-state index contributed by atoms with van der Waals surface area (Å²) in [6, 6.07) is 0. The molecule has 1 aliphatic heterocycles. The maximum absolute atomic E-state index is 5.47. The molecule has 1 fully saturated rings. The average molecular weight is 426 g/mol. The van der Waals surface area contributed by atoms with Gasteiger partial charge >= 0.3 is 19.5 Å². The van der Waals surface area contributed by atoms with Crippen LogP contribution < -0.4 is 0 Å². The number of hydrogen-bond donors (Lipinski definition) is 0. The Hall–Kier alpha value is 0.303. The largest absolute Gasteiger partial charge is 6.00 e. The van der Waals surface area contributed by atoms with Gasteiger partial charge in [0, 0.05) is 19.1 Å². The molecule has 144 valence electrons. The summed E-state index contributed by atoms with van der Waals surface area (Å²) < 4.78 is 21.8. The van der Waals surface area contributed by atoms with Crippen molar-refractivity contribution >= 4 is 0 Å². The molecule has 8 N–H and O–H groups in total. The number of rotatable bonds is 0. The van der Waals surface area contributed by atoms with Gasteiger partial charge in [0.1, 0.15) is 0 Å². The Bertz CT molecular complexity index is 151. The third-order valence-electron chi connectivity index (χ3n) is 2.26. The predicted molar refractivity (Wildman–Crippen MR) is 93.5 cm³/mol. The summed E-state index contributed by atoms with van der Waals surface area (Å²) >= 11 is 0. The van der Waals surface area contributed by atoms with E-state index in [1.165, 1.54) is 0 Å². The zero-order valence-electron chi connectivity index (χ0n) is 14.5. The number of nitrogens with two attached hydrogens (primary N) is 4. The van der Waals surface area contributed by atoms with Crippen LogP contribution in [0.1, 0.15) is 13.8 Å². The molecule has 8 nitrogen and oxygen atoms in total. The summed E-state index contributed by atoms with van der Waals surface area (Å²) in [4.78, 5) is 0. The first-order valence-electron chi connectivity index (χ1n) is 6.64. The van der Waals surface area contributed by atoms with E-state index in [9.17, 15) is 0 Å². The van der Waals surface area contributed by atoms with Crippen molar-refractivity contribution in [3.63, 3.8) is 0 Å². The van der Waals surface area contributed by atoms with Crippen LogP contribution >= 0.6 is 0 Å². The molecule has 0 spiro atoms. The maximum Gasteiger partial charge on any atom is 6.00 e. The second-order valence-electron chi connectivity index (χ2n) is 4.27. The number of hydrogen-bond acceptors (Lipinski definition) is 4. The Morgan fingerprint density at radius 3 is 1.22 bits per heavy atom. The molecular formula is C14H36N4O4Ru. The van der Waals surface area contributed by atoms with Gasteiger partial charge < -0.3 is 57.4 Å². The van der Waals surface area contributed by atoms with Crippen LogP contribution in [-0.2, 0) is 38.4 Å². The Kier molecular flexibility index (Phi) is 50.9. The van der Waals surface area contributed by atoms with Gasteiger partial charge in [0.2, 0.25) is 0 Å². The molecule has 0 radical (unpaired) electrons. The zero-order chi connectivity index (χ0) is 13.6. The fourth-order valence-electron chi connectivity index (χ4n) is 1.40. The van der Waals surface area contributed by atoms with Gasteiger partial charge in [-0.25, -0.2) is 0 Å². The predicted octanol–water partition coefficient (Wildman–Crippen LogP) is 4.86. The first-order chi connectivity index (χ1) is 8.79. The molecule has 0 aliphatic carbocycles. The van der Waals surface area contributed by atoms with Crippen molar-refractivity contribution in [3.8, 4) is 0 Å². The van der Waals surface area contributed by atoms with Gasteiger partial charge in [-0.05, 0) is 0 Å². The smallest absolute Gasteiger partial charge is 0.693 e. The van der Waals surface area contributed by atoms with E-state index in [0.29, 0.717) is 45.6 Å². The minimum atomic E-state index is 0. The molecule has 0 amide bonds. The summed E-state index contributed by atoms with van der Waals surface area (Å²) in [6.45, 7) is 16.3. The molecule has 23 heavy (non-hydrogen) atoms. The second kappa shape index (κ2) is 30.2. The standard InChI is InChI=1S/C12H23O4.C2H5.4H2N.Ru/c1-11-7-13-3-5-15-9-12(2)10-16-6-4-14-8-11;1-2;;;;;/h11-12H,1,3-10H2,2H3;1H2,2H3;4*1H2;/q6*-1;+6. The maximum atomic E-state index is 5.47. The summed E-state index contributed by atoms with van der Waals surface area (Å²) in [6.07, 6.45) is 0. The van der Waals surface area contributed by atoms with E-state index >= 15 is 0 Å². The fourth-order valence-corrected chi connectivity index (χ4v) is 1.40. The van der Waals surface area contributed by atoms with E-state index in [4.69, 9.17) is 18.9 Å². The van der Waals surface area contributed by atoms with Crippen molar-refractivity contribution in [2.45, 2.75) is 13.8 Å². The van der Waals surface area contributed by atoms with Crippen LogP contribution in [0, 0.1) is 25.7 Å². The van der Waals surface area contributed by atoms with Crippen molar-refractivity contribution in [2.75, 3.05) is 52.9 Å². The van der Waals surface area contributed by atoms with Crippen molar-refractivity contribution in [1.29, 1.82) is 0 Å². The molecule has 0 bridgehead atoms. The molecule has 0 saturated carbocycles. The summed E-state index contributed by atoms with van der Waals surface area (Å²) in [5.74, 6) is 0.602. The van der Waals surface area contributed by atoms with Crippen molar-refractivity contribution in [1.82, 2.24) is 0 Å². The van der Waals surface area contributed by atoms with Crippen LogP contribution in [0.2, 0.25) is 0 Å². The van der Waals surface area contributed by atoms with Gasteiger partial charge in [0.15, 0.2) is 0 Å². The molecule has 1 heterocycles. The van der Waals surface area contributed by atoms with Crippen LogP contribution in [0.5, 0.6) is 0 Å². The third-order valence-corrected chi connectivity index (χ3v) is 2.26. The first-order valence-corrected chi connectivity index (χ1v) is 6.64. The van der Waals surface area contributed by atoms with Crippen molar-refractivity contribution < 1.29 is 38.4 Å². The van der Waals surface area contributed by atoms with Gasteiger partial charge in [-0.1, -0.05) is 6.92 Å². The summed E-state index contributed by atoms with van der Waals surface area (Å²) in [7, 11) is 0. The Balaban J connectivity index is -0.0000000992. The van der Waals surface area contributed by atoms with E-state index in [-0.39, 0.29) is 50.0 Å². The van der Waals surface area contributed by atoms with Gasteiger partial charge in [0.05, 0.1) is 39.6 Å². The van der Waals surface area contributed by atoms with Crippen LogP contribution in [0.4, 0.5) is 0 Å². The normalized spacial score (nSPS) is 22.4. The van der Waals surface area contributed by atoms with Gasteiger partial charge in [-0.2, -0.15) is 6.92 Å². The van der Waals surface area contributed by atoms with Crippen LogP contribution in [0.25, 0.3) is 24.6 Å². The SMILES string of the molecule is [CH2-]C.[CH2-]C1COCCOCC(C)COCCOC1.[NH2-].[NH2-].[NH2-].[NH2-].[Ru+6]. The molecule has 0 unspecified atom stereocenters. The van der Waals surface area contributed by atoms with E-state index in [0.717, 1.165) is 13.2 Å². The van der Waals surface area contributed by atoms with Crippen LogP contribution in [0.15, 0.2) is 0 Å². The number of ether oxygens (including phenoxy) is 4. The third kappa shape index (κ3) is 27.4. The summed E-state index contributed by atoms with van der Waals surface area (Å²) in [5.41, 5.74) is 0. The fraction of sp³-hybridized carbons (Fsp3) is 0.857. The zero-order valence-corrected chi connectivity index (χ0v) is 16.3. The van der Waals surface area contributed by atoms with E-state index in [2.05, 4.69) is 20.8 Å². The molecule has 9 heteroatoms. The minimum absolute atomic E-state index is 0. The molecule has 0 atom stereocenters. The molecule has 0 aromatic heterocycles. The van der Waals surface area contributed by atoms with Crippen molar-refractivity contribution in [2.24, 2.45) is 11.8 Å². The van der Waals surface area contributed by atoms with Crippen LogP contribution in [-0.4, -0.2) is 52.9 Å². The van der Waals surface area contributed by atoms with Gasteiger partial charge in [0.25, 0.3) is 0 Å². The average Bonchev–Trinajstić information content (AvgIpc) is 2.39. The van der Waals surface area contributed by atoms with Gasteiger partial charge in [-0.3, -0.25) is 0 Å². The Labute approximate surface area is 155 Å². The Morgan fingerprint density at radius 2 is 0.913 bits per heavy atom. The molecule has 1 saturated heterocycles. The molecule has 0 aromatic rings. The van der Waals surface area contributed by atoms with E-state index in [1.54, 1.807) is 6.92 Å². The topological polar surface area (TPSA) is 171 Å². The molecule has 1 rings (SSSR count).